The maximum atomic E-state index is 11.3. The summed E-state index contributed by atoms with van der Waals surface area (Å²) in [5, 5.41) is 0. The zero-order chi connectivity index (χ0) is 15.7. The predicted molar refractivity (Wildman–Crippen MR) is 80.9 cm³/mol. The highest BCUT2D eigenvalue weighted by atomic mass is 16.5. The van der Waals surface area contributed by atoms with E-state index < -0.39 is 5.97 Å². The van der Waals surface area contributed by atoms with Crippen LogP contribution in [0, 0.1) is 0 Å². The zero-order valence-corrected chi connectivity index (χ0v) is 12.1. The minimum absolute atomic E-state index is 0.219. The van der Waals surface area contributed by atoms with Gasteiger partial charge in [0.15, 0.2) is 0 Å². The average molecular weight is 292 g/mol. The van der Waals surface area contributed by atoms with Gasteiger partial charge in [-0.25, -0.2) is 4.79 Å². The molecule has 0 saturated carbocycles. The van der Waals surface area contributed by atoms with Crippen LogP contribution in [0.15, 0.2) is 36.4 Å². The van der Waals surface area contributed by atoms with E-state index in [1.165, 1.54) is 0 Å². The minimum Gasteiger partial charge on any atom is -0.466 e. The van der Waals surface area contributed by atoms with Crippen molar-refractivity contribution < 1.29 is 19.1 Å². The molecule has 0 bridgehead atoms. The van der Waals surface area contributed by atoms with E-state index in [1.54, 1.807) is 19.1 Å². The van der Waals surface area contributed by atoms with Gasteiger partial charge in [-0.3, -0.25) is 4.79 Å². The highest BCUT2D eigenvalue weighted by Gasteiger charge is 2.09. The van der Waals surface area contributed by atoms with E-state index in [1.807, 2.05) is 17.0 Å². The van der Waals surface area contributed by atoms with Crippen LogP contribution in [0.4, 0.5) is 11.4 Å². The number of hydrogen-bond acceptors (Lipinski definition) is 6. The van der Waals surface area contributed by atoms with Crippen molar-refractivity contribution in [3.05, 3.63) is 36.4 Å². The molecule has 0 fully saturated rings. The number of nitrogen functional groups attached to an aromatic ring is 1. The lowest BCUT2D eigenvalue weighted by Gasteiger charge is -2.24. The van der Waals surface area contributed by atoms with Crippen molar-refractivity contribution in [2.75, 3.05) is 36.9 Å². The minimum atomic E-state index is -0.420. The van der Waals surface area contributed by atoms with Crippen molar-refractivity contribution in [2.45, 2.75) is 6.92 Å². The van der Waals surface area contributed by atoms with E-state index in [-0.39, 0.29) is 13.2 Å². The summed E-state index contributed by atoms with van der Waals surface area (Å²) >= 11 is 0. The Balaban J connectivity index is 2.59. The Morgan fingerprint density at radius 3 is 2.48 bits per heavy atom. The molecule has 0 aliphatic heterocycles. The first-order valence-corrected chi connectivity index (χ1v) is 6.53. The summed E-state index contributed by atoms with van der Waals surface area (Å²) < 4.78 is 9.78. The number of benzene rings is 1. The van der Waals surface area contributed by atoms with Crippen molar-refractivity contribution in [2.24, 2.45) is 0 Å². The monoisotopic (exact) mass is 292 g/mol. The van der Waals surface area contributed by atoms with Crippen LogP contribution in [0.2, 0.25) is 0 Å². The summed E-state index contributed by atoms with van der Waals surface area (Å²) in [5.41, 5.74) is 7.58. The maximum absolute atomic E-state index is 11.3. The highest BCUT2D eigenvalue weighted by molar-refractivity contribution is 5.86. The van der Waals surface area contributed by atoms with Crippen LogP contribution in [0.25, 0.3) is 0 Å². The van der Waals surface area contributed by atoms with Crippen LogP contribution in [0.1, 0.15) is 6.92 Å². The first kappa shape index (κ1) is 16.6. The van der Waals surface area contributed by atoms with Gasteiger partial charge in [-0.2, -0.15) is 0 Å². The van der Waals surface area contributed by atoms with Gasteiger partial charge in [0.2, 0.25) is 0 Å². The van der Waals surface area contributed by atoms with Gasteiger partial charge in [0.1, 0.15) is 13.2 Å². The van der Waals surface area contributed by atoms with Crippen molar-refractivity contribution in [1.82, 2.24) is 0 Å². The van der Waals surface area contributed by atoms with Gasteiger partial charge < -0.3 is 20.1 Å². The quantitative estimate of drug-likeness (QED) is 0.243. The second-order valence-corrected chi connectivity index (χ2v) is 4.46. The number of nitrogens with zero attached hydrogens (tertiary/aromatic N) is 1. The zero-order valence-electron chi connectivity index (χ0n) is 12.1. The van der Waals surface area contributed by atoms with Crippen molar-refractivity contribution >= 4 is 23.8 Å². The molecule has 21 heavy (non-hydrogen) atoms. The Bertz CT molecular complexity index is 485. The van der Waals surface area contributed by atoms with Gasteiger partial charge >= 0.3 is 5.97 Å². The highest BCUT2D eigenvalue weighted by Crippen LogP contribution is 2.16. The SMILES string of the molecule is C=C(C)C(=O)OCCN(CCOC=O)c1ccc(N)cc1. The van der Waals surface area contributed by atoms with E-state index >= 15 is 0 Å². The lowest BCUT2D eigenvalue weighted by molar-refractivity contribution is -0.138. The number of ether oxygens (including phenoxy) is 2. The molecule has 0 amide bonds. The fourth-order valence-electron chi connectivity index (χ4n) is 1.64. The number of hydrogen-bond donors (Lipinski definition) is 1. The predicted octanol–water partition coefficient (Wildman–Crippen LogP) is 1.37. The van der Waals surface area contributed by atoms with Gasteiger partial charge in [-0.05, 0) is 31.2 Å². The van der Waals surface area contributed by atoms with Gasteiger partial charge in [-0.15, -0.1) is 0 Å². The van der Waals surface area contributed by atoms with E-state index in [0.717, 1.165) is 5.69 Å². The fourth-order valence-corrected chi connectivity index (χ4v) is 1.64. The first-order chi connectivity index (χ1) is 10.0. The lowest BCUT2D eigenvalue weighted by atomic mass is 10.2. The van der Waals surface area contributed by atoms with Gasteiger partial charge in [-0.1, -0.05) is 6.58 Å². The molecule has 114 valence electrons. The molecule has 0 aliphatic carbocycles. The van der Waals surface area contributed by atoms with Gasteiger partial charge in [0.05, 0.1) is 13.1 Å². The standard InChI is InChI=1S/C15H20N2O4/c1-12(2)15(19)21-10-8-17(7-9-20-11-18)14-5-3-13(16)4-6-14/h3-6,11H,1,7-10,16H2,2H3. The second-order valence-electron chi connectivity index (χ2n) is 4.46. The molecule has 1 aromatic carbocycles. The summed E-state index contributed by atoms with van der Waals surface area (Å²) in [7, 11) is 0. The number of rotatable bonds is 9. The smallest absolute Gasteiger partial charge is 0.333 e. The molecular weight excluding hydrogens is 272 g/mol. The second kappa shape index (κ2) is 8.63. The van der Waals surface area contributed by atoms with Crippen LogP contribution in [0.5, 0.6) is 0 Å². The number of carbonyl (C=O) groups is 2. The van der Waals surface area contributed by atoms with Crippen LogP contribution in [-0.4, -0.2) is 38.7 Å². The molecule has 1 rings (SSSR count). The molecule has 0 heterocycles. The van der Waals surface area contributed by atoms with Crippen LogP contribution >= 0.6 is 0 Å². The van der Waals surface area contributed by atoms with Crippen molar-refractivity contribution in [3.8, 4) is 0 Å². The molecule has 6 nitrogen and oxygen atoms in total. The van der Waals surface area contributed by atoms with Crippen molar-refractivity contribution in [3.63, 3.8) is 0 Å². The average Bonchev–Trinajstić information content (AvgIpc) is 2.46. The largest absolute Gasteiger partial charge is 0.466 e. The molecule has 0 atom stereocenters. The Labute approximate surface area is 124 Å². The first-order valence-electron chi connectivity index (χ1n) is 6.53. The van der Waals surface area contributed by atoms with Gasteiger partial charge in [0, 0.05) is 16.9 Å². The maximum Gasteiger partial charge on any atom is 0.333 e. The number of nitrogens with two attached hydrogens (primary N) is 1. The summed E-state index contributed by atoms with van der Waals surface area (Å²) in [6.07, 6.45) is 0. The third-order valence-corrected chi connectivity index (χ3v) is 2.75. The van der Waals surface area contributed by atoms with Gasteiger partial charge in [0.25, 0.3) is 6.47 Å². The Morgan fingerprint density at radius 1 is 1.29 bits per heavy atom. The molecule has 0 spiro atoms. The van der Waals surface area contributed by atoms with E-state index in [0.29, 0.717) is 30.8 Å². The molecular formula is C15H20N2O4. The van der Waals surface area contributed by atoms with Crippen LogP contribution in [-0.2, 0) is 19.1 Å². The summed E-state index contributed by atoms with van der Waals surface area (Å²) in [5.74, 6) is -0.420. The summed E-state index contributed by atoms with van der Waals surface area (Å²) in [4.78, 5) is 23.5. The topological polar surface area (TPSA) is 81.9 Å². The molecule has 2 N–H and O–H groups in total. The molecule has 0 aliphatic rings. The van der Waals surface area contributed by atoms with E-state index in [9.17, 15) is 9.59 Å². The third-order valence-electron chi connectivity index (χ3n) is 2.75. The Morgan fingerprint density at radius 2 is 1.90 bits per heavy atom. The lowest BCUT2D eigenvalue weighted by Crippen LogP contribution is -2.31. The van der Waals surface area contributed by atoms with E-state index in [4.69, 9.17) is 15.2 Å². The molecule has 0 radical (unpaired) electrons. The molecule has 6 heteroatoms. The normalized spacial score (nSPS) is 9.76. The van der Waals surface area contributed by atoms with Crippen molar-refractivity contribution in [1.29, 1.82) is 0 Å². The Hall–Kier alpha value is -2.50. The third kappa shape index (κ3) is 5.99. The summed E-state index contributed by atoms with van der Waals surface area (Å²) in [6, 6.07) is 7.28. The molecule has 0 saturated heterocycles. The number of esters is 1. The molecule has 0 unspecified atom stereocenters. The van der Waals surface area contributed by atoms with Crippen LogP contribution < -0.4 is 10.6 Å². The molecule has 1 aromatic rings. The number of anilines is 2. The Kier molecular flexibility index (Phi) is 6.80. The summed E-state index contributed by atoms with van der Waals surface area (Å²) in [6.45, 7) is 6.96. The van der Waals surface area contributed by atoms with E-state index in [2.05, 4.69) is 6.58 Å². The molecule has 0 aromatic heterocycles. The number of carbonyl (C=O) groups excluding carboxylic acids is 2. The fraction of sp³-hybridized carbons (Fsp3) is 0.333. The van der Waals surface area contributed by atoms with Crippen LogP contribution in [0.3, 0.4) is 0 Å².